The second-order valence-electron chi connectivity index (χ2n) is 10.1. The maximum atomic E-state index is 4.88. The van der Waals surface area contributed by atoms with Crippen LogP contribution in [0.5, 0.6) is 0 Å². The molecule has 5 rings (SSSR count). The molecule has 1 nitrogen and oxygen atoms in total. The van der Waals surface area contributed by atoms with E-state index < -0.39 is 0 Å². The van der Waals surface area contributed by atoms with Gasteiger partial charge in [-0.3, -0.25) is 4.98 Å². The van der Waals surface area contributed by atoms with Gasteiger partial charge >= 0.3 is 0 Å². The molecular formula is C29H29NS3. The molecule has 4 heteroatoms. The van der Waals surface area contributed by atoms with Crippen LogP contribution >= 0.6 is 34.4 Å². The van der Waals surface area contributed by atoms with E-state index in [1.165, 1.54) is 51.2 Å². The number of nitrogens with zero attached hydrogens (tertiary/aromatic N) is 1. The van der Waals surface area contributed by atoms with Gasteiger partial charge in [0.25, 0.3) is 0 Å². The number of pyridine rings is 1. The van der Waals surface area contributed by atoms with E-state index in [1.807, 2.05) is 34.3 Å². The average molecular weight is 488 g/mol. The molecule has 5 aromatic rings. The Balaban J connectivity index is 1.74. The molecule has 0 aliphatic heterocycles. The van der Waals surface area contributed by atoms with Crippen LogP contribution in [0.1, 0.15) is 45.1 Å². The molecule has 2 aromatic carbocycles. The van der Waals surface area contributed by atoms with Gasteiger partial charge in [0.2, 0.25) is 0 Å². The fourth-order valence-electron chi connectivity index (χ4n) is 4.50. The molecule has 0 saturated heterocycles. The van der Waals surface area contributed by atoms with E-state index in [0.717, 1.165) is 12.1 Å². The normalized spacial score (nSPS) is 12.4. The monoisotopic (exact) mass is 487 g/mol. The van der Waals surface area contributed by atoms with Crippen LogP contribution in [-0.4, -0.2) is 4.98 Å². The summed E-state index contributed by atoms with van der Waals surface area (Å²) in [7, 11) is 0. The molecule has 33 heavy (non-hydrogen) atoms. The molecule has 0 atom stereocenters. The SMILES string of the molecule is C=CSc1ccc(-c2nccc3c2sc2ccc4cc(CC(C)C)sc4c23)cc1C(C)(C)C. The molecule has 0 saturated carbocycles. The second-order valence-corrected chi connectivity index (χ2v) is 13.2. The van der Waals surface area contributed by atoms with E-state index in [1.54, 1.807) is 11.8 Å². The van der Waals surface area contributed by atoms with Crippen molar-refractivity contribution in [2.24, 2.45) is 5.92 Å². The summed E-state index contributed by atoms with van der Waals surface area (Å²) in [5, 5.41) is 5.99. The number of benzene rings is 2. The molecule has 3 heterocycles. The van der Waals surface area contributed by atoms with Crippen LogP contribution < -0.4 is 0 Å². The van der Waals surface area contributed by atoms with Crippen LogP contribution in [0.4, 0.5) is 0 Å². The van der Waals surface area contributed by atoms with Crippen LogP contribution in [0, 0.1) is 5.92 Å². The lowest BCUT2D eigenvalue weighted by molar-refractivity contribution is 0.578. The molecule has 0 amide bonds. The molecule has 0 aliphatic carbocycles. The standard InChI is InChI=1S/C29H29NS3/c1-7-31-23-10-8-18(16-22(23)29(4,5)6)26-28-21(12-13-30-26)25-24(33-28)11-9-19-15-20(14-17(2)3)32-27(19)25/h7-13,15-17H,1,14H2,2-6H3. The highest BCUT2D eigenvalue weighted by molar-refractivity contribution is 8.02. The van der Waals surface area contributed by atoms with Crippen molar-refractivity contribution < 1.29 is 0 Å². The predicted octanol–water partition coefficient (Wildman–Crippen LogP) is 10.1. The molecule has 0 N–H and O–H groups in total. The van der Waals surface area contributed by atoms with E-state index in [4.69, 9.17) is 4.98 Å². The Morgan fingerprint density at radius 1 is 1.03 bits per heavy atom. The quantitative estimate of drug-likeness (QED) is 0.229. The van der Waals surface area contributed by atoms with E-state index >= 15 is 0 Å². The van der Waals surface area contributed by atoms with Gasteiger partial charge in [-0.05, 0) is 64.4 Å². The first-order chi connectivity index (χ1) is 15.8. The lowest BCUT2D eigenvalue weighted by Gasteiger charge is -2.23. The first-order valence-electron chi connectivity index (χ1n) is 11.4. The van der Waals surface area contributed by atoms with Crippen LogP contribution in [0.2, 0.25) is 0 Å². The minimum absolute atomic E-state index is 0.0470. The number of thiophene rings is 2. The van der Waals surface area contributed by atoms with Crippen LogP contribution in [0.15, 0.2) is 65.5 Å². The molecule has 0 fully saturated rings. The van der Waals surface area contributed by atoms with Crippen LogP contribution in [0.3, 0.4) is 0 Å². The van der Waals surface area contributed by atoms with Crippen LogP contribution in [0.25, 0.3) is 41.5 Å². The Bertz CT molecular complexity index is 1490. The summed E-state index contributed by atoms with van der Waals surface area (Å²) in [6.07, 6.45) is 3.12. The van der Waals surface area contributed by atoms with Crippen molar-refractivity contribution in [2.75, 3.05) is 0 Å². The summed E-state index contributed by atoms with van der Waals surface area (Å²) in [6.45, 7) is 15.3. The van der Waals surface area contributed by atoms with Crippen molar-refractivity contribution in [3.63, 3.8) is 0 Å². The van der Waals surface area contributed by atoms with E-state index in [-0.39, 0.29) is 5.41 Å². The third-order valence-corrected chi connectivity index (χ3v) is 9.11. The number of aromatic nitrogens is 1. The number of rotatable bonds is 5. The zero-order valence-electron chi connectivity index (χ0n) is 19.9. The number of thioether (sulfide) groups is 1. The minimum atomic E-state index is 0.0470. The van der Waals surface area contributed by atoms with E-state index in [2.05, 4.69) is 83.7 Å². The summed E-state index contributed by atoms with van der Waals surface area (Å²) in [5.74, 6) is 0.669. The van der Waals surface area contributed by atoms with Crippen molar-refractivity contribution >= 4 is 64.7 Å². The smallest absolute Gasteiger partial charge is 0.0880 e. The van der Waals surface area contributed by atoms with Gasteiger partial charge in [-0.2, -0.15) is 0 Å². The highest BCUT2D eigenvalue weighted by Crippen LogP contribution is 2.45. The molecule has 168 valence electrons. The van der Waals surface area contributed by atoms with Crippen molar-refractivity contribution in [1.82, 2.24) is 4.98 Å². The topological polar surface area (TPSA) is 12.9 Å². The summed E-state index contributed by atoms with van der Waals surface area (Å²) >= 11 is 5.53. The maximum Gasteiger partial charge on any atom is 0.0880 e. The lowest BCUT2D eigenvalue weighted by Crippen LogP contribution is -2.12. The number of fused-ring (bicyclic) bond motifs is 5. The molecule has 3 aromatic heterocycles. The van der Waals surface area contributed by atoms with Crippen molar-refractivity contribution in [1.29, 1.82) is 0 Å². The zero-order valence-corrected chi connectivity index (χ0v) is 22.3. The van der Waals surface area contributed by atoms with Gasteiger partial charge in [0.1, 0.15) is 0 Å². The van der Waals surface area contributed by atoms with Crippen molar-refractivity contribution in [3.8, 4) is 11.3 Å². The van der Waals surface area contributed by atoms with Gasteiger partial charge in [-0.25, -0.2) is 0 Å². The highest BCUT2D eigenvalue weighted by Gasteiger charge is 2.21. The third kappa shape index (κ3) is 4.14. The van der Waals surface area contributed by atoms with Crippen LogP contribution in [-0.2, 0) is 11.8 Å². The van der Waals surface area contributed by atoms with E-state index in [0.29, 0.717) is 5.92 Å². The largest absolute Gasteiger partial charge is 0.255 e. The Morgan fingerprint density at radius 3 is 2.58 bits per heavy atom. The first-order valence-corrected chi connectivity index (χ1v) is 13.9. The molecule has 0 spiro atoms. The fraction of sp³-hybridized carbons (Fsp3) is 0.276. The second kappa shape index (κ2) is 8.57. The maximum absolute atomic E-state index is 4.88. The summed E-state index contributed by atoms with van der Waals surface area (Å²) in [6, 6.07) is 15.9. The Hall–Kier alpha value is -2.14. The van der Waals surface area contributed by atoms with Gasteiger partial charge in [0.05, 0.1) is 10.4 Å². The first kappa shape index (κ1) is 22.6. The molecule has 0 unspecified atom stereocenters. The van der Waals surface area contributed by atoms with E-state index in [9.17, 15) is 0 Å². The summed E-state index contributed by atoms with van der Waals surface area (Å²) in [4.78, 5) is 7.63. The Morgan fingerprint density at radius 2 is 1.85 bits per heavy atom. The Labute approximate surface area is 208 Å². The van der Waals surface area contributed by atoms with Gasteiger partial charge in [-0.1, -0.05) is 65.1 Å². The van der Waals surface area contributed by atoms with Gasteiger partial charge in [0, 0.05) is 41.7 Å². The molecular weight excluding hydrogens is 459 g/mol. The van der Waals surface area contributed by atoms with Gasteiger partial charge < -0.3 is 0 Å². The number of hydrogen-bond acceptors (Lipinski definition) is 4. The highest BCUT2D eigenvalue weighted by atomic mass is 32.2. The molecule has 0 aliphatic rings. The summed E-state index contributed by atoms with van der Waals surface area (Å²) < 4.78 is 4.04. The average Bonchev–Trinajstić information content (AvgIpc) is 3.33. The zero-order chi connectivity index (χ0) is 23.3. The molecule has 0 radical (unpaired) electrons. The minimum Gasteiger partial charge on any atom is -0.255 e. The third-order valence-electron chi connectivity index (χ3n) is 5.97. The van der Waals surface area contributed by atoms with Crippen molar-refractivity contribution in [3.05, 3.63) is 71.1 Å². The van der Waals surface area contributed by atoms with Gasteiger partial charge in [-0.15, -0.1) is 22.7 Å². The Kier molecular flexibility index (Phi) is 5.88. The lowest BCUT2D eigenvalue weighted by atomic mass is 9.85. The predicted molar refractivity (Wildman–Crippen MR) is 151 cm³/mol. The fourth-order valence-corrected chi connectivity index (χ4v) is 8.03. The summed E-state index contributed by atoms with van der Waals surface area (Å²) in [5.41, 5.74) is 3.66. The number of hydrogen-bond donors (Lipinski definition) is 0. The van der Waals surface area contributed by atoms with Crippen molar-refractivity contribution in [2.45, 2.75) is 51.3 Å². The van der Waals surface area contributed by atoms with Gasteiger partial charge in [0.15, 0.2) is 0 Å². The molecule has 0 bridgehead atoms.